The molecular weight excluding hydrogens is 501 g/mol. The Balaban J connectivity index is 1.45. The number of rotatable bonds is 8. The van der Waals surface area contributed by atoms with Gasteiger partial charge in [0.1, 0.15) is 5.69 Å². The molecule has 1 N–H and O–H groups in total. The summed E-state index contributed by atoms with van der Waals surface area (Å²) in [5.41, 5.74) is 0.244. The van der Waals surface area contributed by atoms with E-state index in [1.165, 1.54) is 11.3 Å². The maximum atomic E-state index is 13.1. The first-order chi connectivity index (χ1) is 16.8. The summed E-state index contributed by atoms with van der Waals surface area (Å²) >= 11 is 2.04. The number of nitrogens with one attached hydrogen (secondary N) is 1. The lowest BCUT2D eigenvalue weighted by atomic mass is 10.1. The fourth-order valence-electron chi connectivity index (χ4n) is 3.40. The standard InChI is InChI=1S/C23H19F3N4O3S2/c1-32-16-4-2-3-14(19(16)33-11-13-5-6-13)7-8-15-18(30-9-10-34-22(30)27-15)20(31)29-21-28-17(12-35-21)23(24,25)26/h2-4,7-10,12-13H,5-6,11H2,1H3,(H,28,29,31). The van der Waals surface area contributed by atoms with E-state index in [0.717, 1.165) is 23.8 Å². The molecule has 7 nitrogen and oxygen atoms in total. The van der Waals surface area contributed by atoms with Gasteiger partial charge in [-0.25, -0.2) is 9.97 Å². The molecule has 0 atom stereocenters. The lowest BCUT2D eigenvalue weighted by Gasteiger charge is -2.13. The minimum Gasteiger partial charge on any atom is -0.493 e. The predicted molar refractivity (Wildman–Crippen MR) is 128 cm³/mol. The lowest BCUT2D eigenvalue weighted by molar-refractivity contribution is -0.140. The van der Waals surface area contributed by atoms with Crippen LogP contribution in [0, 0.1) is 5.92 Å². The minimum atomic E-state index is -4.58. The average molecular weight is 521 g/mol. The smallest absolute Gasteiger partial charge is 0.434 e. The van der Waals surface area contributed by atoms with Crippen molar-refractivity contribution in [1.82, 2.24) is 14.4 Å². The van der Waals surface area contributed by atoms with Gasteiger partial charge in [-0.3, -0.25) is 14.5 Å². The number of fused-ring (bicyclic) bond motifs is 1. The molecule has 4 aromatic rings. The van der Waals surface area contributed by atoms with Crippen molar-refractivity contribution in [3.8, 4) is 11.5 Å². The van der Waals surface area contributed by atoms with Crippen molar-refractivity contribution < 1.29 is 27.4 Å². The van der Waals surface area contributed by atoms with E-state index in [-0.39, 0.29) is 10.8 Å². The monoisotopic (exact) mass is 520 g/mol. The van der Waals surface area contributed by atoms with Crippen LogP contribution in [0.4, 0.5) is 18.3 Å². The van der Waals surface area contributed by atoms with Crippen molar-refractivity contribution in [2.45, 2.75) is 19.0 Å². The van der Waals surface area contributed by atoms with Gasteiger partial charge in [-0.05, 0) is 37.0 Å². The molecule has 182 valence electrons. The van der Waals surface area contributed by atoms with Crippen molar-refractivity contribution >= 4 is 50.8 Å². The van der Waals surface area contributed by atoms with E-state index in [1.807, 2.05) is 18.2 Å². The summed E-state index contributed by atoms with van der Waals surface area (Å²) in [5, 5.41) is 4.94. The third-order valence-electron chi connectivity index (χ3n) is 5.33. The molecule has 0 saturated heterocycles. The molecule has 1 amide bonds. The van der Waals surface area contributed by atoms with Crippen LogP contribution in [0.15, 0.2) is 35.2 Å². The van der Waals surface area contributed by atoms with Crippen LogP contribution in [0.1, 0.15) is 40.3 Å². The Bertz CT molecular complexity index is 1400. The van der Waals surface area contributed by atoms with E-state index in [1.54, 1.807) is 35.2 Å². The van der Waals surface area contributed by atoms with E-state index >= 15 is 0 Å². The van der Waals surface area contributed by atoms with E-state index < -0.39 is 17.8 Å². The Labute approximate surface area is 205 Å². The van der Waals surface area contributed by atoms with Gasteiger partial charge >= 0.3 is 6.18 Å². The molecule has 1 aliphatic carbocycles. The number of anilines is 1. The zero-order chi connectivity index (χ0) is 24.6. The molecule has 3 heterocycles. The Hall–Kier alpha value is -3.38. The molecule has 5 rings (SSSR count). The number of para-hydroxylation sites is 1. The van der Waals surface area contributed by atoms with Gasteiger partial charge in [-0.15, -0.1) is 22.7 Å². The van der Waals surface area contributed by atoms with Crippen LogP contribution in [0.25, 0.3) is 17.1 Å². The van der Waals surface area contributed by atoms with Crippen molar-refractivity contribution in [1.29, 1.82) is 0 Å². The molecule has 0 bridgehead atoms. The molecule has 1 aromatic carbocycles. The van der Waals surface area contributed by atoms with Crippen molar-refractivity contribution in [2.75, 3.05) is 19.0 Å². The van der Waals surface area contributed by atoms with Gasteiger partial charge in [0.2, 0.25) is 0 Å². The van der Waals surface area contributed by atoms with Crippen LogP contribution in [0.3, 0.4) is 0 Å². The second kappa shape index (κ2) is 9.34. The van der Waals surface area contributed by atoms with Gasteiger partial charge in [0.15, 0.2) is 27.3 Å². The summed E-state index contributed by atoms with van der Waals surface area (Å²) < 4.78 is 51.7. The number of carbonyl (C=O) groups excluding carboxylic acids is 1. The number of aromatic nitrogens is 3. The number of benzene rings is 1. The van der Waals surface area contributed by atoms with Crippen molar-refractivity contribution in [3.05, 3.63) is 57.8 Å². The molecule has 1 aliphatic rings. The number of nitrogens with zero attached hydrogens (tertiary/aromatic N) is 3. The maximum Gasteiger partial charge on any atom is 0.434 e. The van der Waals surface area contributed by atoms with E-state index in [2.05, 4.69) is 15.3 Å². The van der Waals surface area contributed by atoms with Gasteiger partial charge in [0.05, 0.1) is 19.4 Å². The topological polar surface area (TPSA) is 77.8 Å². The Morgan fingerprint density at radius 2 is 2.09 bits per heavy atom. The van der Waals surface area contributed by atoms with E-state index in [4.69, 9.17) is 9.47 Å². The first kappa shape index (κ1) is 23.4. The zero-order valence-electron chi connectivity index (χ0n) is 18.3. The number of hydrogen-bond donors (Lipinski definition) is 1. The van der Waals surface area contributed by atoms with E-state index in [0.29, 0.717) is 46.0 Å². The fraction of sp³-hybridized carbons (Fsp3) is 0.261. The number of ether oxygens (including phenoxy) is 2. The number of thiazole rings is 2. The molecule has 0 radical (unpaired) electrons. The van der Waals surface area contributed by atoms with Crippen LogP contribution >= 0.6 is 22.7 Å². The molecule has 1 saturated carbocycles. The summed E-state index contributed by atoms with van der Waals surface area (Å²) in [6.45, 7) is 0.600. The summed E-state index contributed by atoms with van der Waals surface area (Å²) in [6.07, 6.45) is 2.84. The molecule has 35 heavy (non-hydrogen) atoms. The minimum absolute atomic E-state index is 0.147. The number of methoxy groups -OCH3 is 1. The van der Waals surface area contributed by atoms with Crippen LogP contribution in [0.5, 0.6) is 11.5 Å². The lowest BCUT2D eigenvalue weighted by Crippen LogP contribution is -2.15. The summed E-state index contributed by atoms with van der Waals surface area (Å²) in [4.78, 5) is 21.6. The highest BCUT2D eigenvalue weighted by Crippen LogP contribution is 2.36. The number of imidazole rings is 1. The molecule has 0 unspecified atom stereocenters. The highest BCUT2D eigenvalue weighted by atomic mass is 32.1. The van der Waals surface area contributed by atoms with Crippen LogP contribution < -0.4 is 14.8 Å². The zero-order valence-corrected chi connectivity index (χ0v) is 20.0. The second-order valence-corrected chi connectivity index (χ2v) is 9.59. The highest BCUT2D eigenvalue weighted by Gasteiger charge is 2.34. The number of alkyl halides is 3. The van der Waals surface area contributed by atoms with Gasteiger partial charge < -0.3 is 9.47 Å². The molecule has 0 aliphatic heterocycles. The number of halogens is 3. The third-order valence-corrected chi connectivity index (χ3v) is 6.84. The first-order valence-electron chi connectivity index (χ1n) is 10.6. The van der Waals surface area contributed by atoms with E-state index in [9.17, 15) is 18.0 Å². The Kier molecular flexibility index (Phi) is 6.24. The maximum absolute atomic E-state index is 13.1. The predicted octanol–water partition coefficient (Wildman–Crippen LogP) is 6.09. The fourth-order valence-corrected chi connectivity index (χ4v) is 4.83. The van der Waals surface area contributed by atoms with Crippen LogP contribution in [-0.4, -0.2) is 34.0 Å². The molecule has 1 fully saturated rings. The number of amides is 1. The van der Waals surface area contributed by atoms with Crippen LogP contribution in [-0.2, 0) is 6.18 Å². The average Bonchev–Trinajstić information content (AvgIpc) is 3.17. The number of hydrogen-bond acceptors (Lipinski definition) is 7. The summed E-state index contributed by atoms with van der Waals surface area (Å²) in [5.74, 6) is 1.14. The Morgan fingerprint density at radius 1 is 1.26 bits per heavy atom. The number of carbonyl (C=O) groups is 1. The second-order valence-electron chi connectivity index (χ2n) is 7.86. The summed E-state index contributed by atoms with van der Waals surface area (Å²) in [6, 6.07) is 5.52. The molecule has 3 aromatic heterocycles. The van der Waals surface area contributed by atoms with Crippen molar-refractivity contribution in [3.63, 3.8) is 0 Å². The third kappa shape index (κ3) is 5.03. The SMILES string of the molecule is COc1cccc(C=Cc2nc3sccn3c2C(=O)Nc2nc(C(F)(F)F)cs2)c1OCC1CC1. The van der Waals surface area contributed by atoms with Gasteiger partial charge in [0.25, 0.3) is 5.91 Å². The quantitative estimate of drug-likeness (QED) is 0.304. The van der Waals surface area contributed by atoms with Crippen LogP contribution in [0.2, 0.25) is 0 Å². The van der Waals surface area contributed by atoms with Gasteiger partial charge in [0, 0.05) is 22.5 Å². The first-order valence-corrected chi connectivity index (χ1v) is 12.4. The summed E-state index contributed by atoms with van der Waals surface area (Å²) in [7, 11) is 1.57. The Morgan fingerprint density at radius 3 is 2.80 bits per heavy atom. The molecule has 0 spiro atoms. The largest absolute Gasteiger partial charge is 0.493 e. The molecule has 12 heteroatoms. The van der Waals surface area contributed by atoms with Gasteiger partial charge in [-0.2, -0.15) is 13.2 Å². The normalized spacial score (nSPS) is 14.1. The van der Waals surface area contributed by atoms with Crippen molar-refractivity contribution in [2.24, 2.45) is 5.92 Å². The van der Waals surface area contributed by atoms with Gasteiger partial charge in [-0.1, -0.05) is 12.1 Å². The molecular formula is C23H19F3N4O3S2. The highest BCUT2D eigenvalue weighted by molar-refractivity contribution is 7.15.